The Hall–Kier alpha value is -2.47. The summed E-state index contributed by atoms with van der Waals surface area (Å²) in [5.41, 5.74) is 2.21. The van der Waals surface area contributed by atoms with E-state index in [0.717, 1.165) is 41.9 Å². The van der Waals surface area contributed by atoms with Crippen molar-refractivity contribution in [1.82, 2.24) is 10.2 Å². The molecule has 3 rings (SSSR count). The molecule has 2 aromatic carbocycles. The molecule has 0 radical (unpaired) electrons. The molecule has 0 spiro atoms. The smallest absolute Gasteiger partial charge is 0.243 e. The van der Waals surface area contributed by atoms with Crippen molar-refractivity contribution in [2.24, 2.45) is 0 Å². The Balaban J connectivity index is 1.69. The van der Waals surface area contributed by atoms with Crippen LogP contribution in [0, 0.1) is 6.92 Å². The first kappa shape index (κ1) is 25.2. The van der Waals surface area contributed by atoms with Gasteiger partial charge in [0.15, 0.2) is 0 Å². The number of nitrogens with zero attached hydrogens (tertiary/aromatic N) is 1. The third-order valence-corrected chi connectivity index (χ3v) is 7.22. The lowest BCUT2D eigenvalue weighted by atomic mass is 10.1. The molecule has 0 aromatic heterocycles. The highest BCUT2D eigenvalue weighted by molar-refractivity contribution is 7.99. The Labute approximate surface area is 202 Å². The molecule has 2 aromatic rings. The molecular formula is C27H36N2O3S. The van der Waals surface area contributed by atoms with Crippen LogP contribution in [0.1, 0.15) is 56.6 Å². The summed E-state index contributed by atoms with van der Waals surface area (Å²) in [4.78, 5) is 29.4. The highest BCUT2D eigenvalue weighted by Crippen LogP contribution is 2.23. The van der Waals surface area contributed by atoms with Gasteiger partial charge >= 0.3 is 0 Å². The van der Waals surface area contributed by atoms with Crippen LogP contribution in [-0.4, -0.2) is 41.7 Å². The molecule has 1 atom stereocenters. The van der Waals surface area contributed by atoms with Crippen molar-refractivity contribution in [2.45, 2.75) is 75.9 Å². The summed E-state index contributed by atoms with van der Waals surface area (Å²) in [6.45, 7) is 4.46. The van der Waals surface area contributed by atoms with Crippen molar-refractivity contribution in [3.8, 4) is 5.75 Å². The normalized spacial score (nSPS) is 14.6. The molecule has 1 fully saturated rings. The summed E-state index contributed by atoms with van der Waals surface area (Å²) in [7, 11) is 1.64. The zero-order valence-corrected chi connectivity index (χ0v) is 20.8. The maximum Gasteiger partial charge on any atom is 0.243 e. The van der Waals surface area contributed by atoms with Crippen molar-refractivity contribution < 1.29 is 14.3 Å². The fourth-order valence-corrected chi connectivity index (χ4v) is 5.09. The number of nitrogens with one attached hydrogen (secondary N) is 1. The van der Waals surface area contributed by atoms with Crippen LogP contribution < -0.4 is 10.1 Å². The Morgan fingerprint density at radius 3 is 2.36 bits per heavy atom. The SMILES string of the molecule is CCC(C(=O)NC1CCCC1)N(Cc1ccc(OC)cc1)C(=O)CCSc1ccc(C)cc1. The second-order valence-corrected chi connectivity index (χ2v) is 9.86. The molecule has 0 heterocycles. The predicted octanol–water partition coefficient (Wildman–Crippen LogP) is 5.35. The van der Waals surface area contributed by atoms with E-state index in [4.69, 9.17) is 4.74 Å². The van der Waals surface area contributed by atoms with Gasteiger partial charge in [-0.25, -0.2) is 0 Å². The van der Waals surface area contributed by atoms with Crippen molar-refractivity contribution in [3.63, 3.8) is 0 Å². The van der Waals surface area contributed by atoms with Gasteiger partial charge in [0, 0.05) is 29.7 Å². The highest BCUT2D eigenvalue weighted by Gasteiger charge is 2.30. The lowest BCUT2D eigenvalue weighted by Gasteiger charge is -2.31. The molecule has 1 aliphatic carbocycles. The van der Waals surface area contributed by atoms with Gasteiger partial charge in [-0.3, -0.25) is 9.59 Å². The first-order valence-electron chi connectivity index (χ1n) is 11.9. The van der Waals surface area contributed by atoms with Crippen LogP contribution in [0.3, 0.4) is 0 Å². The first-order chi connectivity index (χ1) is 16.0. The van der Waals surface area contributed by atoms with Crippen LogP contribution in [0.25, 0.3) is 0 Å². The molecule has 0 aliphatic heterocycles. The van der Waals surface area contributed by atoms with Gasteiger partial charge in [-0.1, -0.05) is 49.6 Å². The maximum absolute atomic E-state index is 13.4. The summed E-state index contributed by atoms with van der Waals surface area (Å²) < 4.78 is 5.26. The Morgan fingerprint density at radius 1 is 1.09 bits per heavy atom. The summed E-state index contributed by atoms with van der Waals surface area (Å²) in [6, 6.07) is 15.8. The lowest BCUT2D eigenvalue weighted by Crippen LogP contribution is -2.51. The van der Waals surface area contributed by atoms with Gasteiger partial charge in [0.1, 0.15) is 11.8 Å². The molecule has 1 N–H and O–H groups in total. The van der Waals surface area contributed by atoms with Crippen LogP contribution in [0.15, 0.2) is 53.4 Å². The van der Waals surface area contributed by atoms with Crippen LogP contribution in [-0.2, 0) is 16.1 Å². The molecule has 0 bridgehead atoms. The monoisotopic (exact) mass is 468 g/mol. The van der Waals surface area contributed by atoms with E-state index in [9.17, 15) is 9.59 Å². The lowest BCUT2D eigenvalue weighted by molar-refractivity contribution is -0.141. The van der Waals surface area contributed by atoms with Crippen LogP contribution in [0.5, 0.6) is 5.75 Å². The number of thioether (sulfide) groups is 1. The number of carbonyl (C=O) groups is 2. The average Bonchev–Trinajstić information content (AvgIpc) is 3.33. The van der Waals surface area contributed by atoms with Gasteiger partial charge in [-0.15, -0.1) is 11.8 Å². The standard InChI is InChI=1S/C27H36N2O3S/c1-4-25(27(31)28-22-7-5-6-8-22)29(19-21-11-13-23(32-3)14-12-21)26(30)17-18-33-24-15-9-20(2)10-16-24/h9-16,22,25H,4-8,17-19H2,1-3H3,(H,28,31). The largest absolute Gasteiger partial charge is 0.497 e. The molecule has 0 saturated heterocycles. The molecule has 1 unspecified atom stereocenters. The van der Waals surface area contributed by atoms with E-state index < -0.39 is 6.04 Å². The number of carbonyl (C=O) groups excluding carboxylic acids is 2. The second-order valence-electron chi connectivity index (χ2n) is 8.70. The van der Waals surface area contributed by atoms with Gasteiger partial charge in [-0.2, -0.15) is 0 Å². The minimum Gasteiger partial charge on any atom is -0.497 e. The van der Waals surface area contributed by atoms with Crippen molar-refractivity contribution in [2.75, 3.05) is 12.9 Å². The van der Waals surface area contributed by atoms with E-state index in [1.165, 1.54) is 5.56 Å². The predicted molar refractivity (Wildman–Crippen MR) is 135 cm³/mol. The van der Waals surface area contributed by atoms with Gasteiger partial charge in [0.2, 0.25) is 11.8 Å². The third kappa shape index (κ3) is 7.53. The van der Waals surface area contributed by atoms with E-state index in [0.29, 0.717) is 25.1 Å². The number of hydrogen-bond donors (Lipinski definition) is 1. The average molecular weight is 469 g/mol. The van der Waals surface area contributed by atoms with Crippen LogP contribution in [0.4, 0.5) is 0 Å². The van der Waals surface area contributed by atoms with E-state index >= 15 is 0 Å². The molecule has 178 valence electrons. The first-order valence-corrected chi connectivity index (χ1v) is 12.9. The van der Waals surface area contributed by atoms with E-state index in [1.807, 2.05) is 31.2 Å². The zero-order chi connectivity index (χ0) is 23.6. The number of ether oxygens (including phenoxy) is 1. The molecular weight excluding hydrogens is 432 g/mol. The fourth-order valence-electron chi connectivity index (χ4n) is 4.25. The Kier molecular flexibility index (Phi) is 9.67. The van der Waals surface area contributed by atoms with Gasteiger partial charge in [0.05, 0.1) is 7.11 Å². The molecule has 5 nitrogen and oxygen atoms in total. The summed E-state index contributed by atoms with van der Waals surface area (Å²) in [5, 5.41) is 3.20. The molecule has 1 aliphatic rings. The molecule has 1 saturated carbocycles. The summed E-state index contributed by atoms with van der Waals surface area (Å²) >= 11 is 1.68. The Morgan fingerprint density at radius 2 is 1.76 bits per heavy atom. The third-order valence-electron chi connectivity index (χ3n) is 6.21. The van der Waals surface area contributed by atoms with Crippen molar-refractivity contribution >= 4 is 23.6 Å². The summed E-state index contributed by atoms with van der Waals surface area (Å²) in [5.74, 6) is 1.44. The second kappa shape index (κ2) is 12.7. The number of hydrogen-bond acceptors (Lipinski definition) is 4. The van der Waals surface area contributed by atoms with Crippen molar-refractivity contribution in [1.29, 1.82) is 0 Å². The number of aryl methyl sites for hydroxylation is 1. The van der Waals surface area contributed by atoms with Crippen molar-refractivity contribution in [3.05, 3.63) is 59.7 Å². The van der Waals surface area contributed by atoms with Crippen LogP contribution in [0.2, 0.25) is 0 Å². The Bertz CT molecular complexity index is 893. The fraction of sp³-hybridized carbons (Fsp3) is 0.481. The highest BCUT2D eigenvalue weighted by atomic mass is 32.2. The topological polar surface area (TPSA) is 58.6 Å². The van der Waals surface area contributed by atoms with E-state index in [-0.39, 0.29) is 17.9 Å². The number of rotatable bonds is 11. The minimum absolute atomic E-state index is 0.0128. The van der Waals surface area contributed by atoms with Gasteiger partial charge in [0.25, 0.3) is 0 Å². The quantitative estimate of drug-likeness (QED) is 0.452. The number of benzene rings is 2. The number of amides is 2. The maximum atomic E-state index is 13.4. The zero-order valence-electron chi connectivity index (χ0n) is 20.0. The van der Waals surface area contributed by atoms with E-state index in [2.05, 4.69) is 36.5 Å². The van der Waals surface area contributed by atoms with Crippen LogP contribution >= 0.6 is 11.8 Å². The number of methoxy groups -OCH3 is 1. The molecule has 2 amide bonds. The summed E-state index contributed by atoms with van der Waals surface area (Å²) in [6.07, 6.45) is 5.36. The van der Waals surface area contributed by atoms with E-state index in [1.54, 1.807) is 23.8 Å². The van der Waals surface area contributed by atoms with Gasteiger partial charge < -0.3 is 15.0 Å². The van der Waals surface area contributed by atoms with Gasteiger partial charge in [-0.05, 0) is 56.0 Å². The molecule has 33 heavy (non-hydrogen) atoms. The minimum atomic E-state index is -0.468. The molecule has 6 heteroatoms.